The molecule has 2 atom stereocenters. The van der Waals surface area contributed by atoms with Crippen LogP contribution in [0.15, 0.2) is 84.9 Å². The molecule has 3 heteroatoms. The van der Waals surface area contributed by atoms with Crippen LogP contribution in [0.5, 0.6) is 0 Å². The fourth-order valence-electron chi connectivity index (χ4n) is 11.2. The van der Waals surface area contributed by atoms with E-state index in [0.29, 0.717) is 0 Å². The molecular formula is C53H63BN2. The normalized spacial score (nSPS) is 21.8. The first-order valence-electron chi connectivity index (χ1n) is 21.5. The number of benzene rings is 5. The van der Waals surface area contributed by atoms with E-state index in [1.54, 1.807) is 5.56 Å². The molecule has 2 nitrogen and oxygen atoms in total. The molecule has 56 heavy (non-hydrogen) atoms. The minimum Gasteiger partial charge on any atom is -0.355 e. The molecule has 288 valence electrons. The first kappa shape index (κ1) is 37.3. The fraction of sp³-hybridized carbons (Fsp3) is 0.434. The third-order valence-electron chi connectivity index (χ3n) is 14.9. The molecule has 2 aliphatic heterocycles. The summed E-state index contributed by atoms with van der Waals surface area (Å²) in [5.41, 5.74) is 22.5. The van der Waals surface area contributed by atoms with E-state index < -0.39 is 0 Å². The van der Waals surface area contributed by atoms with Gasteiger partial charge in [0.2, 0.25) is 0 Å². The van der Waals surface area contributed by atoms with E-state index in [0.717, 1.165) is 13.0 Å². The van der Waals surface area contributed by atoms with E-state index in [1.807, 2.05) is 0 Å². The van der Waals surface area contributed by atoms with Crippen LogP contribution in [0.2, 0.25) is 0 Å². The molecule has 0 spiro atoms. The number of hydrogen-bond donors (Lipinski definition) is 1. The average Bonchev–Trinajstić information content (AvgIpc) is 3.48. The molecule has 5 aromatic rings. The number of nitrogens with zero attached hydrogens (tertiary/aromatic N) is 1. The third-order valence-corrected chi connectivity index (χ3v) is 14.9. The predicted molar refractivity (Wildman–Crippen MR) is 244 cm³/mol. The van der Waals surface area contributed by atoms with Gasteiger partial charge in [0.15, 0.2) is 7.28 Å². The number of nitrogens with one attached hydrogen (secondary N) is 1. The monoisotopic (exact) mass is 739 g/mol. The SMILES string of the molecule is CC(C)(C)c1ccc(Nc2cc(C(C)(C)C)ccc2-c2c3c(cc4c2C(C)(C)c2ccccc2-4)N2c4c(cc(C(C)(C)C)cc4C4(C)CCCCC24C)B3)cc1. The van der Waals surface area contributed by atoms with E-state index in [4.69, 9.17) is 0 Å². The third kappa shape index (κ3) is 5.28. The van der Waals surface area contributed by atoms with E-state index in [-0.39, 0.29) is 32.6 Å². The Hall–Kier alpha value is -4.24. The maximum atomic E-state index is 4.04. The summed E-state index contributed by atoms with van der Waals surface area (Å²) in [7, 11) is 0.931. The lowest BCUT2D eigenvalue weighted by Gasteiger charge is -2.51. The second-order valence-corrected chi connectivity index (χ2v) is 21.9. The van der Waals surface area contributed by atoms with E-state index >= 15 is 0 Å². The van der Waals surface area contributed by atoms with Crippen LogP contribution in [-0.2, 0) is 27.1 Å². The molecule has 0 aromatic heterocycles. The highest BCUT2D eigenvalue weighted by Crippen LogP contribution is 2.63. The highest BCUT2D eigenvalue weighted by molar-refractivity contribution is 6.73. The Morgan fingerprint density at radius 3 is 1.93 bits per heavy atom. The van der Waals surface area contributed by atoms with Crippen LogP contribution in [0.3, 0.4) is 0 Å². The predicted octanol–water partition coefficient (Wildman–Crippen LogP) is 12.7. The summed E-state index contributed by atoms with van der Waals surface area (Å²) in [6, 6.07) is 33.6. The molecule has 2 heterocycles. The van der Waals surface area contributed by atoms with Gasteiger partial charge in [0, 0.05) is 39.1 Å². The van der Waals surface area contributed by atoms with Gasteiger partial charge < -0.3 is 10.2 Å². The second-order valence-electron chi connectivity index (χ2n) is 21.9. The smallest absolute Gasteiger partial charge is 0.198 e. The van der Waals surface area contributed by atoms with Gasteiger partial charge in [-0.1, -0.05) is 162 Å². The molecule has 0 saturated heterocycles. The van der Waals surface area contributed by atoms with Crippen LogP contribution >= 0.6 is 0 Å². The van der Waals surface area contributed by atoms with E-state index in [9.17, 15) is 0 Å². The molecule has 0 radical (unpaired) electrons. The lowest BCUT2D eigenvalue weighted by molar-refractivity contribution is 0.195. The molecule has 1 fully saturated rings. The maximum Gasteiger partial charge on any atom is 0.198 e. The van der Waals surface area contributed by atoms with Gasteiger partial charge >= 0.3 is 0 Å². The van der Waals surface area contributed by atoms with Crippen molar-refractivity contribution in [1.29, 1.82) is 0 Å². The Bertz CT molecular complexity index is 2430. The summed E-state index contributed by atoms with van der Waals surface area (Å²) < 4.78 is 0. The molecule has 9 rings (SSSR count). The summed E-state index contributed by atoms with van der Waals surface area (Å²) in [4.78, 5) is 2.89. The first-order valence-corrected chi connectivity index (χ1v) is 21.5. The van der Waals surface area contributed by atoms with Crippen molar-refractivity contribution < 1.29 is 0 Å². The van der Waals surface area contributed by atoms with Gasteiger partial charge in [0.25, 0.3) is 0 Å². The van der Waals surface area contributed by atoms with Gasteiger partial charge in [0.1, 0.15) is 0 Å². The number of hydrogen-bond acceptors (Lipinski definition) is 2. The van der Waals surface area contributed by atoms with Crippen molar-refractivity contribution >= 4 is 41.0 Å². The van der Waals surface area contributed by atoms with Crippen LogP contribution in [-0.4, -0.2) is 12.8 Å². The van der Waals surface area contributed by atoms with Gasteiger partial charge in [-0.2, -0.15) is 0 Å². The summed E-state index contributed by atoms with van der Waals surface area (Å²) in [5.74, 6) is 0. The zero-order valence-electron chi connectivity index (χ0n) is 36.6. The lowest BCUT2D eigenvalue weighted by Crippen LogP contribution is -2.57. The molecule has 1 N–H and O–H groups in total. The molecule has 2 unspecified atom stereocenters. The minimum atomic E-state index is -0.169. The van der Waals surface area contributed by atoms with Gasteiger partial charge in [-0.15, -0.1) is 0 Å². The highest BCUT2D eigenvalue weighted by Gasteiger charge is 2.60. The Morgan fingerprint density at radius 2 is 1.25 bits per heavy atom. The zero-order chi connectivity index (χ0) is 40.0. The largest absolute Gasteiger partial charge is 0.355 e. The quantitative estimate of drug-likeness (QED) is 0.185. The maximum absolute atomic E-state index is 4.04. The van der Waals surface area contributed by atoms with Crippen molar-refractivity contribution in [3.8, 4) is 22.3 Å². The number of anilines is 4. The Kier molecular flexibility index (Phi) is 7.94. The Morgan fingerprint density at radius 1 is 0.607 bits per heavy atom. The second kappa shape index (κ2) is 11.9. The average molecular weight is 739 g/mol. The topological polar surface area (TPSA) is 15.3 Å². The van der Waals surface area contributed by atoms with Crippen LogP contribution in [0, 0.1) is 0 Å². The van der Waals surface area contributed by atoms with Crippen molar-refractivity contribution in [1.82, 2.24) is 0 Å². The zero-order valence-corrected chi connectivity index (χ0v) is 36.6. The summed E-state index contributed by atoms with van der Waals surface area (Å²) in [6.45, 7) is 31.2. The molecule has 4 aliphatic rings. The van der Waals surface area contributed by atoms with Crippen molar-refractivity contribution in [3.05, 3.63) is 118 Å². The first-order chi connectivity index (χ1) is 26.1. The molecule has 0 bridgehead atoms. The van der Waals surface area contributed by atoms with Crippen LogP contribution < -0.4 is 21.1 Å². The Labute approximate surface area is 338 Å². The molecular weight excluding hydrogens is 675 g/mol. The van der Waals surface area contributed by atoms with Crippen molar-refractivity contribution in [2.75, 3.05) is 10.2 Å². The fourth-order valence-corrected chi connectivity index (χ4v) is 11.2. The highest BCUT2D eigenvalue weighted by atomic mass is 15.3. The van der Waals surface area contributed by atoms with Crippen LogP contribution in [0.4, 0.5) is 22.7 Å². The van der Waals surface area contributed by atoms with Gasteiger partial charge in [-0.25, -0.2) is 0 Å². The Balaban J connectivity index is 1.37. The van der Waals surface area contributed by atoms with Crippen molar-refractivity contribution in [3.63, 3.8) is 0 Å². The minimum absolute atomic E-state index is 0.00685. The van der Waals surface area contributed by atoms with Crippen molar-refractivity contribution in [2.24, 2.45) is 0 Å². The van der Waals surface area contributed by atoms with E-state index in [2.05, 4.69) is 185 Å². The van der Waals surface area contributed by atoms with Crippen molar-refractivity contribution in [2.45, 2.75) is 148 Å². The van der Waals surface area contributed by atoms with Gasteiger partial charge in [0.05, 0.1) is 5.54 Å². The standard InChI is InChI=1S/C53H63BN2/c1-48(2,3)32-20-23-35(24-21-32)55-42-30-33(49(4,5)6)22-25-37(42)44-45-38(36-18-14-15-19-39(36)51(45,10)11)31-43-46(44)54-41-29-34(50(7,8)9)28-40-47(41)56(43)53(13)27-17-16-26-52(40,53)12/h14-15,18-25,28-31,54-55H,16-17,26-27H2,1-13H3. The number of rotatable bonds is 3. The summed E-state index contributed by atoms with van der Waals surface area (Å²) in [6.07, 6.45) is 5.01. The molecule has 1 saturated carbocycles. The van der Waals surface area contributed by atoms with Gasteiger partial charge in [-0.05, 0) is 116 Å². The molecule has 2 aliphatic carbocycles. The lowest BCUT2D eigenvalue weighted by atomic mass is 9.56. The summed E-state index contributed by atoms with van der Waals surface area (Å²) >= 11 is 0. The van der Waals surface area contributed by atoms with Gasteiger partial charge in [-0.3, -0.25) is 0 Å². The molecule has 0 amide bonds. The van der Waals surface area contributed by atoms with Crippen LogP contribution in [0.1, 0.15) is 149 Å². The van der Waals surface area contributed by atoms with E-state index in [1.165, 1.54) is 104 Å². The molecule has 5 aromatic carbocycles. The van der Waals surface area contributed by atoms with Crippen LogP contribution in [0.25, 0.3) is 22.3 Å². The number of fused-ring (bicyclic) bond motifs is 8. The summed E-state index contributed by atoms with van der Waals surface area (Å²) in [5, 5.41) is 4.04.